The molecule has 2 aromatic rings. The zero-order valence-electron chi connectivity index (χ0n) is 15.3. The van der Waals surface area contributed by atoms with Gasteiger partial charge in [0.05, 0.1) is 27.0 Å². The van der Waals surface area contributed by atoms with Crippen LogP contribution in [0.2, 0.25) is 0 Å². The number of benzene rings is 1. The van der Waals surface area contributed by atoms with Crippen LogP contribution in [0.1, 0.15) is 16.3 Å². The first-order valence-electron chi connectivity index (χ1n) is 8.54. The Labute approximate surface area is 174 Å². The summed E-state index contributed by atoms with van der Waals surface area (Å²) in [6.45, 7) is 2.17. The van der Waals surface area contributed by atoms with Crippen LogP contribution in [0.25, 0.3) is 0 Å². The molecular weight excluding hydrogens is 447 g/mol. The highest BCUT2D eigenvalue weighted by Crippen LogP contribution is 2.33. The molecule has 1 N–H and O–H groups in total. The Morgan fingerprint density at radius 1 is 1.38 bits per heavy atom. The number of nitrogens with one attached hydrogen (secondary N) is 1. The maximum Gasteiger partial charge on any atom is 0.416 e. The molecule has 0 saturated carbocycles. The van der Waals surface area contributed by atoms with Gasteiger partial charge in [0.1, 0.15) is 6.04 Å². The van der Waals surface area contributed by atoms with Crippen molar-refractivity contribution in [2.75, 3.05) is 18.2 Å². The SMILES string of the molecule is Cc1nc(CCNC(=O)[C@H]2CSCN2S(=O)(=O)c2cccc(C(F)(F)F)c2)cs1. The predicted octanol–water partition coefficient (Wildman–Crippen LogP) is 2.89. The number of hydrogen-bond donors (Lipinski definition) is 1. The van der Waals surface area contributed by atoms with Crippen LogP contribution in [0.15, 0.2) is 34.5 Å². The van der Waals surface area contributed by atoms with Crippen molar-refractivity contribution < 1.29 is 26.4 Å². The van der Waals surface area contributed by atoms with Gasteiger partial charge < -0.3 is 5.32 Å². The van der Waals surface area contributed by atoms with E-state index in [4.69, 9.17) is 0 Å². The Balaban J connectivity index is 1.71. The molecule has 1 aromatic heterocycles. The van der Waals surface area contributed by atoms with E-state index in [1.807, 2.05) is 12.3 Å². The van der Waals surface area contributed by atoms with E-state index in [1.165, 1.54) is 23.1 Å². The van der Waals surface area contributed by atoms with E-state index in [0.29, 0.717) is 19.0 Å². The third kappa shape index (κ3) is 5.11. The normalized spacial score (nSPS) is 18.1. The fraction of sp³-hybridized carbons (Fsp3) is 0.412. The Morgan fingerprint density at radius 2 is 2.14 bits per heavy atom. The van der Waals surface area contributed by atoms with Crippen LogP contribution in [-0.2, 0) is 27.4 Å². The maximum atomic E-state index is 12.9. The first-order valence-corrected chi connectivity index (χ1v) is 12.0. The maximum absolute atomic E-state index is 12.9. The Morgan fingerprint density at radius 3 is 2.79 bits per heavy atom. The minimum Gasteiger partial charge on any atom is -0.354 e. The van der Waals surface area contributed by atoms with Gasteiger partial charge in [-0.05, 0) is 25.1 Å². The van der Waals surface area contributed by atoms with Crippen LogP contribution in [0.4, 0.5) is 13.2 Å². The molecule has 1 saturated heterocycles. The molecule has 0 unspecified atom stereocenters. The van der Waals surface area contributed by atoms with E-state index in [2.05, 4.69) is 10.3 Å². The molecule has 2 heterocycles. The van der Waals surface area contributed by atoms with Crippen molar-refractivity contribution in [3.05, 3.63) is 45.9 Å². The molecule has 6 nitrogen and oxygen atoms in total. The average Bonchev–Trinajstić information content (AvgIpc) is 3.30. The lowest BCUT2D eigenvalue weighted by atomic mass is 10.2. The summed E-state index contributed by atoms with van der Waals surface area (Å²) >= 11 is 2.73. The van der Waals surface area contributed by atoms with Gasteiger partial charge in [-0.15, -0.1) is 23.1 Å². The number of aryl methyl sites for hydroxylation is 1. The standard InChI is InChI=1S/C17H18F3N3O3S3/c1-11-22-13(8-28-11)5-6-21-16(24)15-9-27-10-23(15)29(25,26)14-4-2-3-12(7-14)17(18,19)20/h2-4,7-8,15H,5-6,9-10H2,1H3,(H,21,24)/t15-/m1/s1. The molecule has 1 atom stereocenters. The summed E-state index contributed by atoms with van der Waals surface area (Å²) in [5.74, 6) is -0.237. The van der Waals surface area contributed by atoms with Crippen molar-refractivity contribution in [3.63, 3.8) is 0 Å². The smallest absolute Gasteiger partial charge is 0.354 e. The van der Waals surface area contributed by atoms with Crippen molar-refractivity contribution in [1.29, 1.82) is 0 Å². The zero-order valence-corrected chi connectivity index (χ0v) is 17.7. The summed E-state index contributed by atoms with van der Waals surface area (Å²) in [5, 5.41) is 5.50. The number of rotatable bonds is 6. The summed E-state index contributed by atoms with van der Waals surface area (Å²) in [4.78, 5) is 16.3. The molecule has 1 aliphatic rings. The van der Waals surface area contributed by atoms with E-state index in [9.17, 15) is 26.4 Å². The quantitative estimate of drug-likeness (QED) is 0.710. The summed E-state index contributed by atoms with van der Waals surface area (Å²) in [7, 11) is -4.25. The van der Waals surface area contributed by atoms with Gasteiger partial charge in [0.2, 0.25) is 15.9 Å². The molecule has 0 spiro atoms. The Kier molecular flexibility index (Phi) is 6.56. The van der Waals surface area contributed by atoms with E-state index >= 15 is 0 Å². The number of alkyl halides is 3. The zero-order chi connectivity index (χ0) is 21.2. The van der Waals surface area contributed by atoms with Gasteiger partial charge in [-0.1, -0.05) is 6.07 Å². The van der Waals surface area contributed by atoms with Gasteiger partial charge in [0.25, 0.3) is 0 Å². The molecular formula is C17H18F3N3O3S3. The number of nitrogens with zero attached hydrogens (tertiary/aromatic N) is 2. The van der Waals surface area contributed by atoms with Crippen LogP contribution >= 0.6 is 23.1 Å². The Bertz CT molecular complexity index is 992. The molecule has 29 heavy (non-hydrogen) atoms. The highest BCUT2D eigenvalue weighted by molar-refractivity contribution is 8.00. The van der Waals surface area contributed by atoms with Crippen molar-refractivity contribution in [2.45, 2.75) is 30.5 Å². The highest BCUT2D eigenvalue weighted by Gasteiger charge is 2.41. The number of carbonyl (C=O) groups excluding carboxylic acids is 1. The van der Waals surface area contributed by atoms with Crippen LogP contribution in [0.3, 0.4) is 0 Å². The topological polar surface area (TPSA) is 79.4 Å². The number of sulfonamides is 1. The van der Waals surface area contributed by atoms with Crippen LogP contribution in [0, 0.1) is 6.92 Å². The molecule has 158 valence electrons. The lowest BCUT2D eigenvalue weighted by molar-refractivity contribution is -0.137. The first kappa shape index (κ1) is 22.1. The van der Waals surface area contributed by atoms with Gasteiger partial charge in [-0.3, -0.25) is 4.79 Å². The second-order valence-corrected chi connectivity index (χ2v) is 10.3. The molecule has 1 aliphatic heterocycles. The number of thiazole rings is 1. The number of carbonyl (C=O) groups is 1. The van der Waals surface area contributed by atoms with Crippen LogP contribution < -0.4 is 5.32 Å². The summed E-state index contributed by atoms with van der Waals surface area (Å²) < 4.78 is 65.5. The summed E-state index contributed by atoms with van der Waals surface area (Å²) in [5.41, 5.74) is -0.216. The predicted molar refractivity (Wildman–Crippen MR) is 105 cm³/mol. The number of halogens is 3. The van der Waals surface area contributed by atoms with Crippen molar-refractivity contribution in [2.24, 2.45) is 0 Å². The Hall–Kier alpha value is -1.63. The molecule has 0 aliphatic carbocycles. The molecule has 12 heteroatoms. The molecule has 1 amide bonds. The van der Waals surface area contributed by atoms with Gasteiger partial charge >= 0.3 is 6.18 Å². The minimum absolute atomic E-state index is 0.00193. The van der Waals surface area contributed by atoms with Crippen molar-refractivity contribution in [3.8, 4) is 0 Å². The summed E-state index contributed by atoms with van der Waals surface area (Å²) in [6, 6.07) is 2.58. The fourth-order valence-electron chi connectivity index (χ4n) is 2.79. The number of aromatic nitrogens is 1. The van der Waals surface area contributed by atoms with Gasteiger partial charge in [0.15, 0.2) is 0 Å². The van der Waals surface area contributed by atoms with Gasteiger partial charge in [-0.2, -0.15) is 17.5 Å². The number of hydrogen-bond acceptors (Lipinski definition) is 6. The fourth-order valence-corrected chi connectivity index (χ4v) is 6.64. The largest absolute Gasteiger partial charge is 0.416 e. The van der Waals surface area contributed by atoms with Gasteiger partial charge in [-0.25, -0.2) is 13.4 Å². The lowest BCUT2D eigenvalue weighted by Gasteiger charge is -2.23. The van der Waals surface area contributed by atoms with Crippen LogP contribution in [-0.4, -0.2) is 47.8 Å². The molecule has 0 radical (unpaired) electrons. The first-order chi connectivity index (χ1) is 13.6. The molecule has 0 bridgehead atoms. The van der Waals surface area contributed by atoms with E-state index < -0.39 is 38.6 Å². The monoisotopic (exact) mass is 465 g/mol. The second-order valence-electron chi connectivity index (χ2n) is 6.33. The third-order valence-corrected chi connectivity index (χ3v) is 8.11. The second kappa shape index (κ2) is 8.62. The number of amides is 1. The highest BCUT2D eigenvalue weighted by atomic mass is 32.2. The van der Waals surface area contributed by atoms with E-state index in [0.717, 1.165) is 33.2 Å². The summed E-state index contributed by atoms with van der Waals surface area (Å²) in [6.07, 6.45) is -4.15. The molecule has 1 aromatic carbocycles. The van der Waals surface area contributed by atoms with E-state index in [1.54, 1.807) is 0 Å². The lowest BCUT2D eigenvalue weighted by Crippen LogP contribution is -2.47. The minimum atomic E-state index is -4.66. The van der Waals surface area contributed by atoms with Gasteiger partial charge in [0, 0.05) is 24.1 Å². The average molecular weight is 466 g/mol. The van der Waals surface area contributed by atoms with Crippen molar-refractivity contribution in [1.82, 2.24) is 14.6 Å². The molecule has 3 rings (SSSR count). The third-order valence-electron chi connectivity index (χ3n) is 4.26. The van der Waals surface area contributed by atoms with E-state index in [-0.39, 0.29) is 11.6 Å². The molecule has 1 fully saturated rings. The van der Waals surface area contributed by atoms with Crippen LogP contribution in [0.5, 0.6) is 0 Å². The van der Waals surface area contributed by atoms with Crippen molar-refractivity contribution >= 4 is 39.0 Å². The number of thioether (sulfide) groups is 1.